The molecule has 1 aromatic heterocycles. The minimum atomic E-state index is -4.37. The van der Waals surface area contributed by atoms with Gasteiger partial charge in [-0.1, -0.05) is 18.2 Å². The molecule has 0 amide bonds. The summed E-state index contributed by atoms with van der Waals surface area (Å²) in [6.45, 7) is 4.59. The van der Waals surface area contributed by atoms with Crippen LogP contribution in [0.4, 0.5) is 13.2 Å². The average molecular weight is 423 g/mol. The zero-order valence-electron chi connectivity index (χ0n) is 17.3. The van der Waals surface area contributed by atoms with E-state index in [0.29, 0.717) is 57.2 Å². The molecule has 9 heteroatoms. The molecule has 0 aliphatic carbocycles. The number of guanidine groups is 1. The second-order valence-corrected chi connectivity index (χ2v) is 7.47. The summed E-state index contributed by atoms with van der Waals surface area (Å²) in [5.74, 6) is 0.622. The van der Waals surface area contributed by atoms with Crippen LogP contribution < -0.4 is 10.6 Å². The van der Waals surface area contributed by atoms with E-state index < -0.39 is 17.2 Å². The molecule has 0 atom stereocenters. The molecule has 1 saturated heterocycles. The van der Waals surface area contributed by atoms with Crippen molar-refractivity contribution >= 4 is 5.96 Å². The van der Waals surface area contributed by atoms with E-state index in [-0.39, 0.29) is 0 Å². The highest BCUT2D eigenvalue weighted by Gasteiger charge is 2.37. The van der Waals surface area contributed by atoms with Crippen LogP contribution in [0.3, 0.4) is 0 Å². The standard InChI is InChI=1S/C21H28F3N5O/c1-3-25-19(26-14-18-7-10-28-29(18)2)27-15-20(8-11-30-12-9-20)16-5-4-6-17(13-16)21(22,23)24/h4-7,10,13H,3,8-9,11-12,14-15H2,1-2H3,(H2,25,26,27). The van der Waals surface area contributed by atoms with Crippen LogP contribution in [-0.4, -0.2) is 42.0 Å². The molecule has 6 nitrogen and oxygen atoms in total. The summed E-state index contributed by atoms with van der Waals surface area (Å²) < 4.78 is 47.1. The van der Waals surface area contributed by atoms with Gasteiger partial charge in [-0.2, -0.15) is 18.3 Å². The Labute approximate surface area is 174 Å². The summed E-state index contributed by atoms with van der Waals surface area (Å²) in [5, 5.41) is 10.7. The van der Waals surface area contributed by atoms with Gasteiger partial charge in [0.05, 0.1) is 17.8 Å². The summed E-state index contributed by atoms with van der Waals surface area (Å²) in [6, 6.07) is 7.55. The number of aromatic nitrogens is 2. The lowest BCUT2D eigenvalue weighted by Crippen LogP contribution is -2.48. The van der Waals surface area contributed by atoms with Gasteiger partial charge in [-0.05, 0) is 37.5 Å². The van der Waals surface area contributed by atoms with Gasteiger partial charge in [0.2, 0.25) is 0 Å². The van der Waals surface area contributed by atoms with Crippen LogP contribution in [0.15, 0.2) is 41.5 Å². The van der Waals surface area contributed by atoms with E-state index in [0.717, 1.165) is 11.8 Å². The van der Waals surface area contributed by atoms with Crippen molar-refractivity contribution in [3.8, 4) is 0 Å². The molecule has 2 aromatic rings. The average Bonchev–Trinajstić information content (AvgIpc) is 3.15. The Kier molecular flexibility index (Phi) is 7.02. The van der Waals surface area contributed by atoms with Gasteiger partial charge in [-0.15, -0.1) is 0 Å². The number of rotatable bonds is 6. The van der Waals surface area contributed by atoms with Gasteiger partial charge in [0, 0.05) is 45.0 Å². The van der Waals surface area contributed by atoms with Crippen molar-refractivity contribution in [3.05, 3.63) is 53.3 Å². The molecule has 164 valence electrons. The maximum Gasteiger partial charge on any atom is 0.416 e. The van der Waals surface area contributed by atoms with E-state index in [2.05, 4.69) is 20.7 Å². The van der Waals surface area contributed by atoms with Crippen LogP contribution in [0.1, 0.15) is 36.6 Å². The van der Waals surface area contributed by atoms with Gasteiger partial charge >= 0.3 is 6.18 Å². The fourth-order valence-electron chi connectivity index (χ4n) is 3.67. The molecule has 1 fully saturated rings. The van der Waals surface area contributed by atoms with Crippen LogP contribution in [0.25, 0.3) is 0 Å². The summed E-state index contributed by atoms with van der Waals surface area (Å²) in [6.07, 6.45) is -1.37. The lowest BCUT2D eigenvalue weighted by atomic mass is 9.73. The second-order valence-electron chi connectivity index (χ2n) is 7.47. The van der Waals surface area contributed by atoms with Crippen molar-refractivity contribution in [3.63, 3.8) is 0 Å². The Hall–Kier alpha value is -2.55. The van der Waals surface area contributed by atoms with Gasteiger partial charge in [0.25, 0.3) is 0 Å². The van der Waals surface area contributed by atoms with Gasteiger partial charge in [-0.25, -0.2) is 4.99 Å². The number of benzene rings is 1. The first kappa shape index (κ1) is 22.1. The molecule has 1 aliphatic heterocycles. The van der Waals surface area contributed by atoms with E-state index in [1.165, 1.54) is 12.1 Å². The number of ether oxygens (including phenoxy) is 1. The highest BCUT2D eigenvalue weighted by Crippen LogP contribution is 2.37. The number of aryl methyl sites for hydroxylation is 1. The van der Waals surface area contributed by atoms with Crippen LogP contribution in [0.2, 0.25) is 0 Å². The summed E-state index contributed by atoms with van der Waals surface area (Å²) in [7, 11) is 1.86. The first-order valence-electron chi connectivity index (χ1n) is 10.1. The Morgan fingerprint density at radius 1 is 1.23 bits per heavy atom. The maximum absolute atomic E-state index is 13.3. The molecule has 3 rings (SSSR count). The number of alkyl halides is 3. The van der Waals surface area contributed by atoms with Crippen molar-refractivity contribution in [2.45, 2.75) is 37.9 Å². The first-order valence-corrected chi connectivity index (χ1v) is 10.1. The van der Waals surface area contributed by atoms with E-state index in [1.54, 1.807) is 16.9 Å². The Morgan fingerprint density at radius 3 is 2.63 bits per heavy atom. The summed E-state index contributed by atoms with van der Waals surface area (Å²) >= 11 is 0. The van der Waals surface area contributed by atoms with Gasteiger partial charge in [0.15, 0.2) is 5.96 Å². The minimum Gasteiger partial charge on any atom is -0.381 e. The van der Waals surface area contributed by atoms with E-state index in [4.69, 9.17) is 4.74 Å². The maximum atomic E-state index is 13.3. The molecule has 1 aromatic carbocycles. The highest BCUT2D eigenvalue weighted by molar-refractivity contribution is 5.79. The van der Waals surface area contributed by atoms with E-state index in [9.17, 15) is 13.2 Å². The van der Waals surface area contributed by atoms with Gasteiger partial charge < -0.3 is 15.4 Å². The van der Waals surface area contributed by atoms with Crippen LogP contribution in [-0.2, 0) is 29.9 Å². The molecule has 0 unspecified atom stereocenters. The smallest absolute Gasteiger partial charge is 0.381 e. The monoisotopic (exact) mass is 423 g/mol. The van der Waals surface area contributed by atoms with Crippen molar-refractivity contribution in [1.29, 1.82) is 0 Å². The number of nitrogens with one attached hydrogen (secondary N) is 2. The molecule has 1 aliphatic rings. The predicted molar refractivity (Wildman–Crippen MR) is 109 cm³/mol. The fraction of sp³-hybridized carbons (Fsp3) is 0.524. The number of nitrogens with zero attached hydrogens (tertiary/aromatic N) is 3. The van der Waals surface area contributed by atoms with Crippen LogP contribution in [0.5, 0.6) is 0 Å². The molecule has 0 bridgehead atoms. The largest absolute Gasteiger partial charge is 0.416 e. The molecule has 2 heterocycles. The molecule has 0 saturated carbocycles. The van der Waals surface area contributed by atoms with Crippen LogP contribution >= 0.6 is 0 Å². The topological polar surface area (TPSA) is 63.5 Å². The molecule has 0 radical (unpaired) electrons. The van der Waals surface area contributed by atoms with Crippen molar-refractivity contribution in [2.24, 2.45) is 12.0 Å². The van der Waals surface area contributed by atoms with Crippen molar-refractivity contribution in [1.82, 2.24) is 20.4 Å². The third-order valence-corrected chi connectivity index (χ3v) is 5.51. The molecular formula is C21H28F3N5O. The highest BCUT2D eigenvalue weighted by atomic mass is 19.4. The number of halogens is 3. The van der Waals surface area contributed by atoms with Gasteiger partial charge in [0.1, 0.15) is 0 Å². The summed E-state index contributed by atoms with van der Waals surface area (Å²) in [4.78, 5) is 4.61. The predicted octanol–water partition coefficient (Wildman–Crippen LogP) is 3.24. The zero-order chi connectivity index (χ0) is 21.6. The Morgan fingerprint density at radius 2 is 2.00 bits per heavy atom. The summed E-state index contributed by atoms with van der Waals surface area (Å²) in [5.41, 5.74) is 0.562. The lowest BCUT2D eigenvalue weighted by molar-refractivity contribution is -0.137. The zero-order valence-corrected chi connectivity index (χ0v) is 17.3. The first-order chi connectivity index (χ1) is 14.3. The quantitative estimate of drug-likeness (QED) is 0.553. The third kappa shape index (κ3) is 5.33. The van der Waals surface area contributed by atoms with Crippen LogP contribution in [0, 0.1) is 0 Å². The van der Waals surface area contributed by atoms with Crippen molar-refractivity contribution < 1.29 is 17.9 Å². The number of hydrogen-bond acceptors (Lipinski definition) is 3. The lowest BCUT2D eigenvalue weighted by Gasteiger charge is -2.38. The number of aliphatic imine (C=N–C) groups is 1. The molecule has 0 spiro atoms. The fourth-order valence-corrected chi connectivity index (χ4v) is 3.67. The van der Waals surface area contributed by atoms with Gasteiger partial charge in [-0.3, -0.25) is 4.68 Å². The molecule has 30 heavy (non-hydrogen) atoms. The Balaban J connectivity index is 1.81. The second kappa shape index (κ2) is 9.51. The SMILES string of the molecule is CCNC(=NCc1ccnn1C)NCC1(c2cccc(C(F)(F)F)c2)CCOCC1. The normalized spacial score (nSPS) is 17.0. The van der Waals surface area contributed by atoms with E-state index >= 15 is 0 Å². The van der Waals surface area contributed by atoms with Crippen molar-refractivity contribution in [2.75, 3.05) is 26.3 Å². The number of hydrogen-bond donors (Lipinski definition) is 2. The molecule has 2 N–H and O–H groups in total. The minimum absolute atomic E-state index is 0.450. The third-order valence-electron chi connectivity index (χ3n) is 5.51. The van der Waals surface area contributed by atoms with E-state index in [1.807, 2.05) is 20.0 Å². The molecular weight excluding hydrogens is 395 g/mol. The Bertz CT molecular complexity index is 856.